The van der Waals surface area contributed by atoms with Gasteiger partial charge in [0.05, 0.1) is 44.7 Å². The molecule has 0 bridgehead atoms. The van der Waals surface area contributed by atoms with E-state index in [0.29, 0.717) is 39.4 Å². The lowest BCUT2D eigenvalue weighted by molar-refractivity contribution is -0.130. The van der Waals surface area contributed by atoms with E-state index in [1.807, 2.05) is 0 Å². The maximum absolute atomic E-state index is 14.7. The molecule has 1 aliphatic carbocycles. The van der Waals surface area contributed by atoms with E-state index in [2.05, 4.69) is 8.75 Å². The van der Waals surface area contributed by atoms with Gasteiger partial charge in [-0.3, -0.25) is 4.79 Å². The molecule has 1 heterocycles. The average molecular weight is 607 g/mol. The van der Waals surface area contributed by atoms with Gasteiger partial charge in [-0.05, 0) is 91.8 Å². The van der Waals surface area contributed by atoms with Gasteiger partial charge in [-0.1, -0.05) is 0 Å². The number of hydrogen-bond donors (Lipinski definition) is 1. The van der Waals surface area contributed by atoms with Gasteiger partial charge >= 0.3 is 5.97 Å². The van der Waals surface area contributed by atoms with Crippen molar-refractivity contribution >= 4 is 40.1 Å². The molecule has 0 saturated heterocycles. The van der Waals surface area contributed by atoms with Crippen LogP contribution >= 0.6 is 11.7 Å². The van der Waals surface area contributed by atoms with Gasteiger partial charge in [0, 0.05) is 17.6 Å². The Morgan fingerprint density at radius 3 is 2.21 bits per heavy atom. The topological polar surface area (TPSA) is 117 Å². The number of carbonyl (C=O) groups excluding carboxylic acids is 1. The minimum atomic E-state index is -1.32. The fourth-order valence-electron chi connectivity index (χ4n) is 5.42. The summed E-state index contributed by atoms with van der Waals surface area (Å²) in [5.74, 6) is -1.52. The first-order chi connectivity index (χ1) is 20.7. The molecule has 1 aromatic heterocycles. The smallest absolute Gasteiger partial charge is 0.336 e. The maximum atomic E-state index is 14.7. The number of nitrogens with zero attached hydrogens (tertiary/aromatic N) is 2. The fraction of sp³-hybridized carbons (Fsp3) is 0.312. The Morgan fingerprint density at radius 1 is 0.930 bits per heavy atom. The van der Waals surface area contributed by atoms with Crippen molar-refractivity contribution in [2.75, 3.05) is 21.3 Å². The van der Waals surface area contributed by atoms with Crippen LogP contribution in [0, 0.1) is 12.7 Å². The highest BCUT2D eigenvalue weighted by molar-refractivity contribution is 7.00. The second-order valence-electron chi connectivity index (χ2n) is 10.3. The van der Waals surface area contributed by atoms with E-state index in [1.54, 1.807) is 31.2 Å². The van der Waals surface area contributed by atoms with Crippen molar-refractivity contribution in [1.82, 2.24) is 8.75 Å². The number of halogens is 1. The second kappa shape index (κ2) is 12.8. The van der Waals surface area contributed by atoms with Crippen molar-refractivity contribution in [2.24, 2.45) is 0 Å². The number of aliphatic carboxylic acids is 1. The minimum absolute atomic E-state index is 0.0275. The van der Waals surface area contributed by atoms with Crippen LogP contribution in [0.2, 0.25) is 0 Å². The number of fused-ring (bicyclic) bond motifs is 1. The molecule has 9 nitrogen and oxygen atoms in total. The standard InChI is InChI=1S/C32H31FN2O7S/c1-17-11-20(16-24-29(17)35-43-34-24)28(32(37)38)22(30(36)19-9-10-25(39-2)23(33)15-19)12-18-13-26(40-3)31(27(14-18)41-4)42-21-7-5-6-8-21/h9-11,13-16,21H,5-8,12H2,1-4H3,(H,37,38)/b28-22+. The molecule has 0 amide bonds. The van der Waals surface area contributed by atoms with Crippen LogP contribution in [-0.2, 0) is 11.2 Å². The van der Waals surface area contributed by atoms with E-state index < -0.39 is 17.6 Å². The van der Waals surface area contributed by atoms with Crippen LogP contribution in [0.15, 0.2) is 48.0 Å². The van der Waals surface area contributed by atoms with E-state index in [0.717, 1.165) is 43.5 Å². The third-order valence-corrected chi connectivity index (χ3v) is 8.07. The summed E-state index contributed by atoms with van der Waals surface area (Å²) in [4.78, 5) is 27.0. The number of carboxylic acids is 1. The second-order valence-corrected chi connectivity index (χ2v) is 10.8. The molecule has 0 radical (unpaired) electrons. The van der Waals surface area contributed by atoms with Crippen LogP contribution in [0.5, 0.6) is 23.0 Å². The molecule has 1 aliphatic rings. The quantitative estimate of drug-likeness (QED) is 0.152. The molecule has 1 saturated carbocycles. The lowest BCUT2D eigenvalue weighted by Gasteiger charge is -2.20. The van der Waals surface area contributed by atoms with Crippen molar-refractivity contribution in [3.63, 3.8) is 0 Å². The van der Waals surface area contributed by atoms with Crippen molar-refractivity contribution in [3.8, 4) is 23.0 Å². The number of hydrogen-bond acceptors (Lipinski definition) is 9. The number of allylic oxidation sites excluding steroid dienone is 1. The number of carbonyl (C=O) groups is 2. The van der Waals surface area contributed by atoms with Gasteiger partial charge in [0.2, 0.25) is 5.75 Å². The fourth-order valence-corrected chi connectivity index (χ4v) is 6.01. The highest BCUT2D eigenvalue weighted by Crippen LogP contribution is 2.42. The summed E-state index contributed by atoms with van der Waals surface area (Å²) in [5, 5.41) is 10.5. The number of methoxy groups -OCH3 is 3. The lowest BCUT2D eigenvalue weighted by atomic mass is 9.88. The molecule has 224 valence electrons. The average Bonchev–Trinajstić information content (AvgIpc) is 3.69. The number of rotatable bonds is 11. The zero-order chi connectivity index (χ0) is 30.7. The summed E-state index contributed by atoms with van der Waals surface area (Å²) in [7, 11) is 4.33. The van der Waals surface area contributed by atoms with Crippen molar-refractivity contribution < 1.29 is 38.0 Å². The largest absolute Gasteiger partial charge is 0.494 e. The molecule has 11 heteroatoms. The Bertz CT molecular complexity index is 1700. The highest BCUT2D eigenvalue weighted by Gasteiger charge is 2.28. The molecule has 1 N–H and O–H groups in total. The van der Waals surface area contributed by atoms with Crippen LogP contribution in [-0.4, -0.2) is 53.0 Å². The SMILES string of the molecule is COc1ccc(C(=O)/C(Cc2cc(OC)c(OC3CCCC3)c(OC)c2)=C(/C(=O)O)c2cc(C)c3nsnc3c2)cc1F. The summed E-state index contributed by atoms with van der Waals surface area (Å²) >= 11 is 1.01. The number of ketones is 1. The molecular formula is C32H31FN2O7S. The third-order valence-electron chi connectivity index (χ3n) is 7.53. The van der Waals surface area contributed by atoms with E-state index in [4.69, 9.17) is 18.9 Å². The van der Waals surface area contributed by atoms with Crippen LogP contribution in [0.25, 0.3) is 16.6 Å². The number of benzene rings is 3. The minimum Gasteiger partial charge on any atom is -0.494 e. The number of aromatic nitrogens is 2. The Kier molecular flexibility index (Phi) is 8.91. The Morgan fingerprint density at radius 2 is 1.60 bits per heavy atom. The normalized spacial score (nSPS) is 14.0. The van der Waals surface area contributed by atoms with Gasteiger partial charge in [0.1, 0.15) is 11.0 Å². The zero-order valence-electron chi connectivity index (χ0n) is 24.2. The molecule has 3 aromatic carbocycles. The highest BCUT2D eigenvalue weighted by atomic mass is 32.1. The van der Waals surface area contributed by atoms with Crippen LogP contribution in [0.1, 0.15) is 52.7 Å². The summed E-state index contributed by atoms with van der Waals surface area (Å²) in [6.45, 7) is 1.80. The van der Waals surface area contributed by atoms with Gasteiger partial charge in [-0.2, -0.15) is 8.75 Å². The summed E-state index contributed by atoms with van der Waals surface area (Å²) in [5.41, 5.74) is 2.36. The molecule has 4 aromatic rings. The molecule has 1 fully saturated rings. The number of Topliss-reactive ketones (excluding diaryl/α,β-unsaturated/α-hetero) is 1. The molecular weight excluding hydrogens is 575 g/mol. The van der Waals surface area contributed by atoms with Crippen LogP contribution in [0.3, 0.4) is 0 Å². The molecule has 5 rings (SSSR count). The molecule has 0 unspecified atom stereocenters. The summed E-state index contributed by atoms with van der Waals surface area (Å²) in [6.07, 6.45) is 3.91. The first-order valence-corrected chi connectivity index (χ1v) is 14.5. The first-order valence-electron chi connectivity index (χ1n) is 13.7. The predicted octanol–water partition coefficient (Wildman–Crippen LogP) is 6.45. The van der Waals surface area contributed by atoms with Gasteiger partial charge in [0.15, 0.2) is 28.8 Å². The van der Waals surface area contributed by atoms with E-state index in [-0.39, 0.29) is 40.5 Å². The van der Waals surface area contributed by atoms with E-state index in [9.17, 15) is 19.1 Å². The predicted molar refractivity (Wildman–Crippen MR) is 160 cm³/mol. The van der Waals surface area contributed by atoms with Crippen LogP contribution < -0.4 is 18.9 Å². The van der Waals surface area contributed by atoms with E-state index >= 15 is 0 Å². The van der Waals surface area contributed by atoms with E-state index in [1.165, 1.54) is 33.5 Å². The van der Waals surface area contributed by atoms with Gasteiger partial charge in [-0.15, -0.1) is 0 Å². The Hall–Kier alpha value is -4.51. The maximum Gasteiger partial charge on any atom is 0.336 e. The Balaban J connectivity index is 1.68. The summed E-state index contributed by atoms with van der Waals surface area (Å²) < 4.78 is 45.8. The first kappa shape index (κ1) is 30.0. The summed E-state index contributed by atoms with van der Waals surface area (Å²) in [6, 6.07) is 10.4. The van der Waals surface area contributed by atoms with Gasteiger partial charge in [0.25, 0.3) is 0 Å². The third kappa shape index (κ3) is 6.17. The zero-order valence-corrected chi connectivity index (χ0v) is 25.0. The molecule has 0 aliphatic heterocycles. The van der Waals surface area contributed by atoms with Crippen LogP contribution in [0.4, 0.5) is 4.39 Å². The van der Waals surface area contributed by atoms with Crippen molar-refractivity contribution in [2.45, 2.75) is 45.1 Å². The number of aryl methyl sites for hydroxylation is 1. The number of ether oxygens (including phenoxy) is 4. The molecule has 0 spiro atoms. The van der Waals surface area contributed by atoms with Gasteiger partial charge in [-0.25, -0.2) is 9.18 Å². The lowest BCUT2D eigenvalue weighted by Crippen LogP contribution is -2.15. The molecule has 43 heavy (non-hydrogen) atoms. The van der Waals surface area contributed by atoms with Gasteiger partial charge < -0.3 is 24.1 Å². The van der Waals surface area contributed by atoms with Crippen molar-refractivity contribution in [1.29, 1.82) is 0 Å². The van der Waals surface area contributed by atoms with Crippen molar-refractivity contribution in [3.05, 3.63) is 76.1 Å². The molecule has 0 atom stereocenters. The number of carboxylic acid groups (broad SMARTS) is 1. The Labute approximate surface area is 252 Å². The monoisotopic (exact) mass is 606 g/mol.